The Hall–Kier alpha value is -3.07. The van der Waals surface area contributed by atoms with Gasteiger partial charge in [-0.3, -0.25) is 14.6 Å². The van der Waals surface area contributed by atoms with Crippen LogP contribution in [0.15, 0.2) is 53.6 Å². The first-order valence-corrected chi connectivity index (χ1v) is 10.2. The number of hydrogen-bond donors (Lipinski definition) is 1. The van der Waals surface area contributed by atoms with E-state index in [-0.39, 0.29) is 36.9 Å². The molecule has 2 aromatic carbocycles. The average molecular weight is 468 g/mol. The van der Waals surface area contributed by atoms with Crippen molar-refractivity contribution in [1.29, 1.82) is 0 Å². The minimum atomic E-state index is -4.61. The number of carbonyl (C=O) groups is 2. The number of nitrogens with zero attached hydrogens (tertiary/aromatic N) is 2. The highest BCUT2D eigenvalue weighted by atomic mass is 35.5. The molecule has 2 aromatic rings. The van der Waals surface area contributed by atoms with Crippen LogP contribution in [0.25, 0.3) is 0 Å². The molecule has 1 aliphatic heterocycles. The van der Waals surface area contributed by atoms with Gasteiger partial charge in [-0.15, -0.1) is 0 Å². The summed E-state index contributed by atoms with van der Waals surface area (Å²) in [5.41, 5.74) is -1.27. The highest BCUT2D eigenvalue weighted by Gasteiger charge is 2.47. The SMILES string of the molecule is CCOC(=O)C1(C)CN(CC(=O)Nc2ccccc2)N=C1c1ccc(C(F)(F)F)c(Cl)c1. The first kappa shape index (κ1) is 23.6. The lowest BCUT2D eigenvalue weighted by Crippen LogP contribution is -2.41. The molecular formula is C22H21ClF3N3O3. The van der Waals surface area contributed by atoms with Gasteiger partial charge >= 0.3 is 12.1 Å². The van der Waals surface area contributed by atoms with E-state index in [1.807, 2.05) is 6.07 Å². The first-order chi connectivity index (χ1) is 15.0. The molecule has 1 atom stereocenters. The molecule has 1 unspecified atom stereocenters. The van der Waals surface area contributed by atoms with E-state index in [0.29, 0.717) is 5.69 Å². The highest BCUT2D eigenvalue weighted by molar-refractivity contribution is 6.32. The summed E-state index contributed by atoms with van der Waals surface area (Å²) < 4.78 is 44.4. The third-order valence-corrected chi connectivity index (χ3v) is 5.23. The second kappa shape index (κ2) is 9.20. The van der Waals surface area contributed by atoms with Gasteiger partial charge in [0.05, 0.1) is 29.4 Å². The van der Waals surface area contributed by atoms with Crippen LogP contribution in [-0.2, 0) is 20.5 Å². The molecule has 32 heavy (non-hydrogen) atoms. The van der Waals surface area contributed by atoms with Crippen molar-refractivity contribution in [3.05, 3.63) is 64.7 Å². The molecule has 1 heterocycles. The van der Waals surface area contributed by atoms with Crippen LogP contribution in [0.3, 0.4) is 0 Å². The molecule has 0 saturated carbocycles. The number of para-hydroxylation sites is 1. The van der Waals surface area contributed by atoms with Gasteiger partial charge < -0.3 is 10.1 Å². The van der Waals surface area contributed by atoms with Crippen LogP contribution >= 0.6 is 11.6 Å². The average Bonchev–Trinajstić information content (AvgIpc) is 3.05. The summed E-state index contributed by atoms with van der Waals surface area (Å²) >= 11 is 5.87. The zero-order chi connectivity index (χ0) is 23.5. The van der Waals surface area contributed by atoms with E-state index >= 15 is 0 Å². The van der Waals surface area contributed by atoms with Crippen molar-refractivity contribution in [3.8, 4) is 0 Å². The van der Waals surface area contributed by atoms with Gasteiger partial charge in [0, 0.05) is 11.3 Å². The molecule has 1 amide bonds. The van der Waals surface area contributed by atoms with Crippen molar-refractivity contribution in [3.63, 3.8) is 0 Å². The van der Waals surface area contributed by atoms with E-state index in [2.05, 4.69) is 10.4 Å². The number of nitrogens with one attached hydrogen (secondary N) is 1. The number of rotatable bonds is 6. The minimum Gasteiger partial charge on any atom is -0.465 e. The fraction of sp³-hybridized carbons (Fsp3) is 0.318. The van der Waals surface area contributed by atoms with Crippen molar-refractivity contribution in [2.24, 2.45) is 10.5 Å². The number of carbonyl (C=O) groups excluding carboxylic acids is 2. The zero-order valence-electron chi connectivity index (χ0n) is 17.4. The number of benzene rings is 2. The Kier molecular flexibility index (Phi) is 6.78. The summed E-state index contributed by atoms with van der Waals surface area (Å²) in [7, 11) is 0. The number of amides is 1. The van der Waals surface area contributed by atoms with Crippen molar-refractivity contribution in [2.75, 3.05) is 25.0 Å². The fourth-order valence-electron chi connectivity index (χ4n) is 3.43. The summed E-state index contributed by atoms with van der Waals surface area (Å²) in [6.45, 7) is 3.19. The summed E-state index contributed by atoms with van der Waals surface area (Å²) in [6.07, 6.45) is -4.61. The number of anilines is 1. The molecule has 170 valence electrons. The maximum Gasteiger partial charge on any atom is 0.417 e. The van der Waals surface area contributed by atoms with Crippen molar-refractivity contribution in [2.45, 2.75) is 20.0 Å². The number of esters is 1. The highest BCUT2D eigenvalue weighted by Crippen LogP contribution is 2.38. The molecule has 0 radical (unpaired) electrons. The second-order valence-corrected chi connectivity index (χ2v) is 7.84. The molecule has 1 N–H and O–H groups in total. The predicted molar refractivity (Wildman–Crippen MR) is 114 cm³/mol. The van der Waals surface area contributed by atoms with Crippen LogP contribution < -0.4 is 5.32 Å². The third kappa shape index (κ3) is 5.04. The first-order valence-electron chi connectivity index (χ1n) is 9.78. The maximum atomic E-state index is 13.1. The maximum absolute atomic E-state index is 13.1. The summed E-state index contributed by atoms with van der Waals surface area (Å²) in [4.78, 5) is 25.2. The third-order valence-electron chi connectivity index (χ3n) is 4.92. The van der Waals surface area contributed by atoms with Gasteiger partial charge in [-0.2, -0.15) is 18.3 Å². The van der Waals surface area contributed by atoms with E-state index in [4.69, 9.17) is 16.3 Å². The van der Waals surface area contributed by atoms with E-state index < -0.39 is 28.1 Å². The van der Waals surface area contributed by atoms with E-state index in [9.17, 15) is 22.8 Å². The van der Waals surface area contributed by atoms with E-state index in [1.54, 1.807) is 38.1 Å². The molecule has 0 saturated heterocycles. The lowest BCUT2D eigenvalue weighted by atomic mass is 9.82. The van der Waals surface area contributed by atoms with E-state index in [0.717, 1.165) is 12.1 Å². The van der Waals surface area contributed by atoms with Gasteiger partial charge in [0.15, 0.2) is 0 Å². The zero-order valence-corrected chi connectivity index (χ0v) is 18.1. The fourth-order valence-corrected chi connectivity index (χ4v) is 3.71. The number of alkyl halides is 3. The van der Waals surface area contributed by atoms with Gasteiger partial charge in [0.2, 0.25) is 5.91 Å². The van der Waals surface area contributed by atoms with Crippen LogP contribution in [0.4, 0.5) is 18.9 Å². The Morgan fingerprint density at radius 1 is 1.22 bits per heavy atom. The van der Waals surface area contributed by atoms with Gasteiger partial charge in [-0.25, -0.2) is 0 Å². The Morgan fingerprint density at radius 3 is 2.50 bits per heavy atom. The summed E-state index contributed by atoms with van der Waals surface area (Å²) in [5.74, 6) is -0.960. The molecule has 0 fully saturated rings. The van der Waals surface area contributed by atoms with Crippen molar-refractivity contribution in [1.82, 2.24) is 5.01 Å². The number of hydrazone groups is 1. The van der Waals surface area contributed by atoms with E-state index in [1.165, 1.54) is 11.1 Å². The number of halogens is 4. The molecular weight excluding hydrogens is 447 g/mol. The Bertz CT molecular complexity index is 1040. The topological polar surface area (TPSA) is 71.0 Å². The quantitative estimate of drug-likeness (QED) is 0.631. The summed E-state index contributed by atoms with van der Waals surface area (Å²) in [5, 5.41) is 7.98. The molecule has 6 nitrogen and oxygen atoms in total. The second-order valence-electron chi connectivity index (χ2n) is 7.43. The van der Waals surface area contributed by atoms with Crippen molar-refractivity contribution < 1.29 is 27.5 Å². The lowest BCUT2D eigenvalue weighted by molar-refractivity contribution is -0.150. The monoisotopic (exact) mass is 467 g/mol. The van der Waals surface area contributed by atoms with Crippen LogP contribution in [-0.4, -0.2) is 42.3 Å². The Morgan fingerprint density at radius 2 is 1.91 bits per heavy atom. The largest absolute Gasteiger partial charge is 0.465 e. The van der Waals surface area contributed by atoms with Crippen LogP contribution in [0, 0.1) is 5.41 Å². The van der Waals surface area contributed by atoms with Crippen LogP contribution in [0.5, 0.6) is 0 Å². The predicted octanol–water partition coefficient (Wildman–Crippen LogP) is 4.59. The Balaban J connectivity index is 1.90. The van der Waals surface area contributed by atoms with Gasteiger partial charge in [-0.1, -0.05) is 35.9 Å². The standard InChI is InChI=1S/C22H21ClF3N3O3/c1-3-32-20(31)21(2)13-29(12-18(30)27-15-7-5-4-6-8-15)28-19(21)14-9-10-16(17(23)11-14)22(24,25)26/h4-11H,3,12-13H2,1-2H3,(H,27,30). The summed E-state index contributed by atoms with van der Waals surface area (Å²) in [6, 6.07) is 12.0. The normalized spacial score (nSPS) is 18.3. The van der Waals surface area contributed by atoms with Gasteiger partial charge in [0.1, 0.15) is 12.0 Å². The molecule has 0 spiro atoms. The van der Waals surface area contributed by atoms with Gasteiger partial charge in [0.25, 0.3) is 0 Å². The molecule has 10 heteroatoms. The van der Waals surface area contributed by atoms with Gasteiger partial charge in [-0.05, 0) is 38.1 Å². The van der Waals surface area contributed by atoms with Crippen LogP contribution in [0.1, 0.15) is 25.0 Å². The molecule has 1 aliphatic rings. The Labute approximate surface area is 188 Å². The van der Waals surface area contributed by atoms with Crippen LogP contribution in [0.2, 0.25) is 5.02 Å². The van der Waals surface area contributed by atoms with Crippen molar-refractivity contribution >= 4 is 34.9 Å². The molecule has 0 bridgehead atoms. The number of hydrogen-bond acceptors (Lipinski definition) is 5. The molecule has 3 rings (SSSR count). The molecule has 0 aliphatic carbocycles. The number of ether oxygens (including phenoxy) is 1. The minimum absolute atomic E-state index is 0.0159. The smallest absolute Gasteiger partial charge is 0.417 e. The molecule has 0 aromatic heterocycles. The lowest BCUT2D eigenvalue weighted by Gasteiger charge is -2.24.